The molecule has 1 aliphatic heterocycles. The number of unbranched alkanes of at least 4 members (excludes halogenated alkanes) is 1. The van der Waals surface area contributed by atoms with Crippen molar-refractivity contribution in [2.75, 3.05) is 52.5 Å². The Bertz CT molecular complexity index is 172. The van der Waals surface area contributed by atoms with E-state index in [-0.39, 0.29) is 14.9 Å². The normalized spacial score (nSPS) is 14.2. The smallest absolute Gasteiger partial charge is 0.0463 e. The van der Waals surface area contributed by atoms with E-state index in [0.29, 0.717) is 0 Å². The number of piperazine rings is 1. The zero-order valence-electron chi connectivity index (χ0n) is 17.2. The molecule has 0 radical (unpaired) electrons. The molecular formula is C22H54N2O. The van der Waals surface area contributed by atoms with E-state index in [2.05, 4.69) is 51.3 Å². The maximum atomic E-state index is 5.13. The van der Waals surface area contributed by atoms with Gasteiger partial charge in [-0.25, -0.2) is 0 Å². The molecule has 25 heavy (non-hydrogen) atoms. The molecule has 0 aromatic rings. The van der Waals surface area contributed by atoms with Crippen molar-refractivity contribution in [1.29, 1.82) is 0 Å². The lowest BCUT2D eigenvalue weighted by atomic mass is 10.3. The summed E-state index contributed by atoms with van der Waals surface area (Å²) in [5.41, 5.74) is 0. The predicted molar refractivity (Wildman–Crippen MR) is 119 cm³/mol. The van der Waals surface area contributed by atoms with E-state index in [9.17, 15) is 0 Å². The van der Waals surface area contributed by atoms with Crippen molar-refractivity contribution in [3.8, 4) is 0 Å². The summed E-state index contributed by atoms with van der Waals surface area (Å²) in [7, 11) is 0. The average Bonchev–Trinajstić information content (AvgIpc) is 2.58. The van der Waals surface area contributed by atoms with Crippen LogP contribution in [0.1, 0.15) is 94.9 Å². The number of ether oxygens (including phenoxy) is 1. The summed E-state index contributed by atoms with van der Waals surface area (Å²) < 4.78 is 5.13. The summed E-state index contributed by atoms with van der Waals surface area (Å²) in [6.45, 7) is 22.7. The molecule has 0 saturated carbocycles. The molecule has 1 rings (SSSR count). The first-order valence-corrected chi connectivity index (χ1v) is 10.2. The van der Waals surface area contributed by atoms with Gasteiger partial charge in [-0.1, -0.05) is 69.2 Å². The van der Waals surface area contributed by atoms with Gasteiger partial charge in [0, 0.05) is 39.4 Å². The van der Waals surface area contributed by atoms with Crippen molar-refractivity contribution in [3.05, 3.63) is 0 Å². The van der Waals surface area contributed by atoms with Gasteiger partial charge < -0.3 is 14.5 Å². The Hall–Kier alpha value is -0.120. The molecule has 0 aliphatic carbocycles. The van der Waals surface area contributed by atoms with Crippen LogP contribution >= 0.6 is 0 Å². The lowest BCUT2D eigenvalue weighted by Gasteiger charge is -2.34. The van der Waals surface area contributed by atoms with Gasteiger partial charge in [0.1, 0.15) is 0 Å². The van der Waals surface area contributed by atoms with Crippen molar-refractivity contribution in [1.82, 2.24) is 9.80 Å². The van der Waals surface area contributed by atoms with Gasteiger partial charge in [0.2, 0.25) is 0 Å². The highest BCUT2D eigenvalue weighted by molar-refractivity contribution is 4.70. The molecule has 0 amide bonds. The molecule has 0 spiro atoms. The summed E-state index contributed by atoms with van der Waals surface area (Å²) >= 11 is 0. The van der Waals surface area contributed by atoms with Gasteiger partial charge in [-0.15, -0.1) is 0 Å². The van der Waals surface area contributed by atoms with Crippen LogP contribution in [0.15, 0.2) is 0 Å². The van der Waals surface area contributed by atoms with Crippen LogP contribution in [0.4, 0.5) is 0 Å². The molecule has 3 nitrogen and oxygen atoms in total. The van der Waals surface area contributed by atoms with Gasteiger partial charge >= 0.3 is 0 Å². The zero-order valence-corrected chi connectivity index (χ0v) is 17.2. The third-order valence-corrected chi connectivity index (χ3v) is 3.74. The van der Waals surface area contributed by atoms with E-state index in [1.54, 1.807) is 0 Å². The largest absolute Gasteiger partial charge is 0.381 e. The molecule has 1 aliphatic rings. The third kappa shape index (κ3) is 26.2. The molecule has 0 N–H and O–H groups in total. The SMILES string of the molecule is C.C.CCCC.CCCN1CCN(CCC)CC1.CCCOCCC. The van der Waals surface area contributed by atoms with Crippen molar-refractivity contribution in [3.63, 3.8) is 0 Å². The molecule has 0 unspecified atom stereocenters. The molecule has 1 fully saturated rings. The van der Waals surface area contributed by atoms with E-state index in [0.717, 1.165) is 26.1 Å². The van der Waals surface area contributed by atoms with Crippen LogP contribution in [0.5, 0.6) is 0 Å². The molecular weight excluding hydrogens is 308 g/mol. The third-order valence-electron chi connectivity index (χ3n) is 3.74. The Morgan fingerprint density at radius 2 is 0.840 bits per heavy atom. The molecule has 0 aromatic carbocycles. The van der Waals surface area contributed by atoms with Crippen LogP contribution in [0.2, 0.25) is 0 Å². The van der Waals surface area contributed by atoms with Gasteiger partial charge in [0.15, 0.2) is 0 Å². The molecule has 0 bridgehead atoms. The Balaban J connectivity index is -0.000000147. The van der Waals surface area contributed by atoms with Gasteiger partial charge in [0.25, 0.3) is 0 Å². The standard InChI is InChI=1S/C10H22N2.C6H14O.C4H10.2CH4/c1-3-5-11-7-9-12(6-4-2)10-8-11;1-3-5-7-6-4-2;1-3-4-2;;/h3-10H2,1-2H3;3-6H2,1-2H3;3-4H2,1-2H3;2*1H4. The fourth-order valence-electron chi connectivity index (χ4n) is 2.26. The predicted octanol–water partition coefficient (Wildman–Crippen LogP) is 6.33. The van der Waals surface area contributed by atoms with Crippen molar-refractivity contribution in [2.24, 2.45) is 0 Å². The minimum Gasteiger partial charge on any atom is -0.381 e. The lowest BCUT2D eigenvalue weighted by Crippen LogP contribution is -2.46. The summed E-state index contributed by atoms with van der Waals surface area (Å²) in [4.78, 5) is 5.15. The van der Waals surface area contributed by atoms with E-state index in [4.69, 9.17) is 4.74 Å². The first-order valence-electron chi connectivity index (χ1n) is 10.2. The first kappa shape index (κ1) is 32.5. The number of rotatable bonds is 9. The number of hydrogen-bond acceptors (Lipinski definition) is 3. The maximum absolute atomic E-state index is 5.13. The monoisotopic (exact) mass is 362 g/mol. The quantitative estimate of drug-likeness (QED) is 0.446. The summed E-state index contributed by atoms with van der Waals surface area (Å²) in [6.07, 6.45) is 7.52. The van der Waals surface area contributed by atoms with Crippen LogP contribution in [0.25, 0.3) is 0 Å². The van der Waals surface area contributed by atoms with Gasteiger partial charge in [-0.3, -0.25) is 0 Å². The van der Waals surface area contributed by atoms with E-state index >= 15 is 0 Å². The van der Waals surface area contributed by atoms with Crippen molar-refractivity contribution in [2.45, 2.75) is 94.9 Å². The maximum Gasteiger partial charge on any atom is 0.0463 e. The van der Waals surface area contributed by atoms with Gasteiger partial charge in [0.05, 0.1) is 0 Å². The van der Waals surface area contributed by atoms with E-state index in [1.165, 1.54) is 65.0 Å². The second kappa shape index (κ2) is 28.7. The second-order valence-corrected chi connectivity index (χ2v) is 6.30. The number of hydrogen-bond donors (Lipinski definition) is 0. The average molecular weight is 363 g/mol. The zero-order chi connectivity index (χ0) is 17.8. The second-order valence-electron chi connectivity index (χ2n) is 6.30. The highest BCUT2D eigenvalue weighted by Gasteiger charge is 2.14. The number of nitrogens with zero attached hydrogens (tertiary/aromatic N) is 2. The molecule has 158 valence electrons. The Kier molecular flexibility index (Phi) is 37.3. The molecule has 0 aromatic heterocycles. The summed E-state index contributed by atoms with van der Waals surface area (Å²) in [5.74, 6) is 0. The molecule has 3 heteroatoms. The molecule has 1 saturated heterocycles. The van der Waals surface area contributed by atoms with Gasteiger partial charge in [-0.05, 0) is 38.8 Å². The van der Waals surface area contributed by atoms with Crippen molar-refractivity contribution >= 4 is 0 Å². The molecule has 1 heterocycles. The van der Waals surface area contributed by atoms with Crippen LogP contribution in [0.3, 0.4) is 0 Å². The fraction of sp³-hybridized carbons (Fsp3) is 1.00. The van der Waals surface area contributed by atoms with Crippen molar-refractivity contribution < 1.29 is 4.74 Å². The first-order chi connectivity index (χ1) is 11.2. The topological polar surface area (TPSA) is 15.7 Å². The van der Waals surface area contributed by atoms with Crippen LogP contribution in [-0.4, -0.2) is 62.3 Å². The summed E-state index contributed by atoms with van der Waals surface area (Å²) in [5, 5.41) is 0. The highest BCUT2D eigenvalue weighted by Crippen LogP contribution is 2.02. The highest BCUT2D eigenvalue weighted by atomic mass is 16.5. The minimum atomic E-state index is 0. The van der Waals surface area contributed by atoms with Gasteiger partial charge in [-0.2, -0.15) is 0 Å². The van der Waals surface area contributed by atoms with E-state index in [1.807, 2.05) is 0 Å². The Morgan fingerprint density at radius 3 is 1.04 bits per heavy atom. The van der Waals surface area contributed by atoms with E-state index < -0.39 is 0 Å². The minimum absolute atomic E-state index is 0. The summed E-state index contributed by atoms with van der Waals surface area (Å²) in [6, 6.07) is 0. The Morgan fingerprint density at radius 1 is 0.520 bits per heavy atom. The van der Waals surface area contributed by atoms with Crippen LogP contribution in [0, 0.1) is 0 Å². The van der Waals surface area contributed by atoms with Crippen LogP contribution in [-0.2, 0) is 4.74 Å². The fourth-order valence-corrected chi connectivity index (χ4v) is 2.26. The lowest BCUT2D eigenvalue weighted by molar-refractivity contribution is 0.133. The van der Waals surface area contributed by atoms with Crippen LogP contribution < -0.4 is 0 Å². The Labute approximate surface area is 162 Å². The molecule has 0 atom stereocenters.